The number of nitrogens with one attached hydrogen (secondary N) is 1. The molecule has 0 aliphatic carbocycles. The summed E-state index contributed by atoms with van der Waals surface area (Å²) in [6.45, 7) is 5.30. The van der Waals surface area contributed by atoms with Crippen LogP contribution in [0, 0.1) is 6.92 Å². The molecule has 0 atom stereocenters. The molecule has 0 bridgehead atoms. The van der Waals surface area contributed by atoms with E-state index >= 15 is 0 Å². The summed E-state index contributed by atoms with van der Waals surface area (Å²) < 4.78 is 0. The Hall–Kier alpha value is -1.97. The second-order valence-electron chi connectivity index (χ2n) is 2.99. The van der Waals surface area contributed by atoms with E-state index in [2.05, 4.69) is 21.5 Å². The molecule has 0 aliphatic rings. The molecule has 70 valence electrons. The van der Waals surface area contributed by atoms with Crippen LogP contribution in [-0.2, 0) is 0 Å². The number of nitrogens with zero attached hydrogens (tertiary/aromatic N) is 2. The lowest BCUT2D eigenvalue weighted by molar-refractivity contribution is 1.10. The quantitative estimate of drug-likeness (QED) is 0.731. The Morgan fingerprint density at radius 2 is 2.36 bits per heavy atom. The molecular formula is C10H9N3O. The molecule has 0 saturated heterocycles. The minimum atomic E-state index is -0.198. The number of aromatic nitrogens is 3. The van der Waals surface area contributed by atoms with Crippen LogP contribution in [0.3, 0.4) is 0 Å². The van der Waals surface area contributed by atoms with Crippen molar-refractivity contribution in [1.82, 2.24) is 15.0 Å². The van der Waals surface area contributed by atoms with Crippen molar-refractivity contribution in [2.24, 2.45) is 0 Å². The van der Waals surface area contributed by atoms with Gasteiger partial charge in [0.25, 0.3) is 5.56 Å². The monoisotopic (exact) mass is 187 g/mol. The number of hydrogen-bond acceptors (Lipinski definition) is 3. The predicted octanol–water partition coefficient (Wildman–Crippen LogP) is 1.27. The zero-order valence-corrected chi connectivity index (χ0v) is 7.74. The highest BCUT2D eigenvalue weighted by Crippen LogP contribution is 2.07. The normalized spacial score (nSPS) is 10.4. The molecule has 0 spiro atoms. The molecule has 0 saturated carbocycles. The Labute approximate surface area is 80.3 Å². The minimum Gasteiger partial charge on any atom is -0.304 e. The maximum atomic E-state index is 11.2. The fourth-order valence-corrected chi connectivity index (χ4v) is 1.19. The molecule has 2 rings (SSSR count). The summed E-state index contributed by atoms with van der Waals surface area (Å²) in [6, 6.07) is 1.83. The molecule has 1 N–H and O–H groups in total. The van der Waals surface area contributed by atoms with Gasteiger partial charge in [0, 0.05) is 6.20 Å². The van der Waals surface area contributed by atoms with Crippen LogP contribution in [0.2, 0.25) is 0 Å². The van der Waals surface area contributed by atoms with Crippen molar-refractivity contribution < 1.29 is 0 Å². The highest BCUT2D eigenvalue weighted by molar-refractivity contribution is 5.72. The SMILES string of the molecule is C=Cc1cnc2[nH]c(=O)c(C)nc2c1. The first-order chi connectivity index (χ1) is 6.70. The molecule has 0 aliphatic heterocycles. The van der Waals surface area contributed by atoms with Gasteiger partial charge in [-0.15, -0.1) is 0 Å². The van der Waals surface area contributed by atoms with Gasteiger partial charge in [0.15, 0.2) is 5.65 Å². The molecule has 0 radical (unpaired) electrons. The Morgan fingerprint density at radius 3 is 3.07 bits per heavy atom. The number of hydrogen-bond donors (Lipinski definition) is 1. The van der Waals surface area contributed by atoms with Crippen LogP contribution in [0.25, 0.3) is 17.2 Å². The van der Waals surface area contributed by atoms with Gasteiger partial charge in [-0.25, -0.2) is 9.97 Å². The molecule has 4 nitrogen and oxygen atoms in total. The van der Waals surface area contributed by atoms with E-state index in [1.165, 1.54) is 0 Å². The van der Waals surface area contributed by atoms with Crippen LogP contribution in [0.5, 0.6) is 0 Å². The first-order valence-electron chi connectivity index (χ1n) is 4.20. The first kappa shape index (κ1) is 8.62. The molecule has 0 unspecified atom stereocenters. The number of pyridine rings is 1. The maximum Gasteiger partial charge on any atom is 0.270 e. The predicted molar refractivity (Wildman–Crippen MR) is 55.0 cm³/mol. The second-order valence-corrected chi connectivity index (χ2v) is 2.99. The molecule has 4 heteroatoms. The third-order valence-electron chi connectivity index (χ3n) is 1.97. The van der Waals surface area contributed by atoms with E-state index < -0.39 is 0 Å². The smallest absolute Gasteiger partial charge is 0.270 e. The summed E-state index contributed by atoms with van der Waals surface area (Å²) in [5.74, 6) is 0. The number of H-pyrrole nitrogens is 1. The van der Waals surface area contributed by atoms with Gasteiger partial charge in [-0.3, -0.25) is 4.79 Å². The third-order valence-corrected chi connectivity index (χ3v) is 1.97. The fourth-order valence-electron chi connectivity index (χ4n) is 1.19. The molecule has 14 heavy (non-hydrogen) atoms. The average Bonchev–Trinajstić information content (AvgIpc) is 2.19. The number of fused-ring (bicyclic) bond motifs is 1. The van der Waals surface area contributed by atoms with Gasteiger partial charge in [0.05, 0.1) is 0 Å². The zero-order chi connectivity index (χ0) is 10.1. The molecule has 0 fully saturated rings. The van der Waals surface area contributed by atoms with E-state index in [0.717, 1.165) is 5.56 Å². The summed E-state index contributed by atoms with van der Waals surface area (Å²) in [6.07, 6.45) is 3.33. The van der Waals surface area contributed by atoms with Crippen molar-refractivity contribution in [3.63, 3.8) is 0 Å². The second kappa shape index (κ2) is 3.06. The average molecular weight is 187 g/mol. The van der Waals surface area contributed by atoms with Gasteiger partial charge in [0.1, 0.15) is 11.2 Å². The van der Waals surface area contributed by atoms with Crippen molar-refractivity contribution in [1.29, 1.82) is 0 Å². The first-order valence-corrected chi connectivity index (χ1v) is 4.20. The van der Waals surface area contributed by atoms with Crippen molar-refractivity contribution >= 4 is 17.2 Å². The molecule has 0 aromatic carbocycles. The van der Waals surface area contributed by atoms with E-state index in [4.69, 9.17) is 0 Å². The van der Waals surface area contributed by atoms with Crippen LogP contribution in [0.4, 0.5) is 0 Å². The maximum absolute atomic E-state index is 11.2. The topological polar surface area (TPSA) is 58.6 Å². The van der Waals surface area contributed by atoms with E-state index in [-0.39, 0.29) is 5.56 Å². The lowest BCUT2D eigenvalue weighted by Gasteiger charge is -1.98. The van der Waals surface area contributed by atoms with Crippen LogP contribution in [-0.4, -0.2) is 15.0 Å². The zero-order valence-electron chi connectivity index (χ0n) is 7.74. The van der Waals surface area contributed by atoms with Gasteiger partial charge in [-0.05, 0) is 18.6 Å². The number of rotatable bonds is 1. The molecule has 0 amide bonds. The van der Waals surface area contributed by atoms with Gasteiger partial charge in [-0.1, -0.05) is 12.7 Å². The van der Waals surface area contributed by atoms with Crippen LogP contribution in [0.15, 0.2) is 23.6 Å². The molecule has 2 aromatic rings. The Balaban J connectivity index is 2.83. The summed E-state index contributed by atoms with van der Waals surface area (Å²) in [5, 5.41) is 0. The number of aromatic amines is 1. The molecular weight excluding hydrogens is 178 g/mol. The summed E-state index contributed by atoms with van der Waals surface area (Å²) in [7, 11) is 0. The van der Waals surface area contributed by atoms with Crippen LogP contribution < -0.4 is 5.56 Å². The highest BCUT2D eigenvalue weighted by Gasteiger charge is 2.01. The van der Waals surface area contributed by atoms with E-state index in [1.807, 2.05) is 6.07 Å². The number of aryl methyl sites for hydroxylation is 1. The fraction of sp³-hybridized carbons (Fsp3) is 0.100. The van der Waals surface area contributed by atoms with Crippen LogP contribution >= 0.6 is 0 Å². The minimum absolute atomic E-state index is 0.198. The van der Waals surface area contributed by atoms with E-state index in [1.54, 1.807) is 19.2 Å². The summed E-state index contributed by atoms with van der Waals surface area (Å²) in [4.78, 5) is 22.0. The Bertz CT molecular complexity index is 557. The Kier molecular flexibility index (Phi) is 1.89. The lowest BCUT2D eigenvalue weighted by Crippen LogP contribution is -2.12. The van der Waals surface area contributed by atoms with E-state index in [0.29, 0.717) is 16.9 Å². The van der Waals surface area contributed by atoms with Crippen molar-refractivity contribution in [3.8, 4) is 0 Å². The van der Waals surface area contributed by atoms with E-state index in [9.17, 15) is 4.79 Å². The van der Waals surface area contributed by atoms with Crippen molar-refractivity contribution in [2.45, 2.75) is 6.92 Å². The summed E-state index contributed by atoms with van der Waals surface area (Å²) in [5.41, 5.74) is 2.32. The standard InChI is InChI=1S/C10H9N3O/c1-3-7-4-8-9(11-5-7)13-10(14)6(2)12-8/h3-5H,1H2,2H3,(H,11,13,14). The van der Waals surface area contributed by atoms with Crippen molar-refractivity contribution in [2.75, 3.05) is 0 Å². The van der Waals surface area contributed by atoms with Crippen molar-refractivity contribution in [3.05, 3.63) is 40.5 Å². The molecule has 2 heterocycles. The van der Waals surface area contributed by atoms with Gasteiger partial charge < -0.3 is 4.98 Å². The third kappa shape index (κ3) is 1.31. The lowest BCUT2D eigenvalue weighted by atomic mass is 10.2. The van der Waals surface area contributed by atoms with Gasteiger partial charge in [0.2, 0.25) is 0 Å². The summed E-state index contributed by atoms with van der Waals surface area (Å²) >= 11 is 0. The van der Waals surface area contributed by atoms with Crippen LogP contribution in [0.1, 0.15) is 11.3 Å². The highest BCUT2D eigenvalue weighted by atomic mass is 16.1. The Morgan fingerprint density at radius 1 is 1.57 bits per heavy atom. The van der Waals surface area contributed by atoms with Gasteiger partial charge >= 0.3 is 0 Å². The largest absolute Gasteiger partial charge is 0.304 e. The van der Waals surface area contributed by atoms with Gasteiger partial charge in [-0.2, -0.15) is 0 Å². The molecule has 2 aromatic heterocycles.